The third-order valence-corrected chi connectivity index (χ3v) is 4.39. The van der Waals surface area contributed by atoms with Crippen molar-refractivity contribution in [2.24, 2.45) is 12.0 Å². The molecule has 0 aromatic carbocycles. The molecule has 0 saturated heterocycles. The number of halogens is 2. The highest BCUT2D eigenvalue weighted by Crippen LogP contribution is 2.12. The molecule has 0 saturated carbocycles. The standard InChI is InChI=1S/C17H21BrN6.HI/c1-19-17(23(3)12-15-5-4-8-22(15)2)20-9-14-11-24-10-13(18)6-7-16(24)21-14;/h4-8,10-11H,9,12H2,1-3H3,(H,19,20);1H. The van der Waals surface area contributed by atoms with E-state index in [0.717, 1.165) is 28.3 Å². The van der Waals surface area contributed by atoms with Gasteiger partial charge in [0.05, 0.1) is 18.8 Å². The maximum absolute atomic E-state index is 4.61. The van der Waals surface area contributed by atoms with Gasteiger partial charge in [0.2, 0.25) is 0 Å². The quantitative estimate of drug-likeness (QED) is 0.329. The van der Waals surface area contributed by atoms with Gasteiger partial charge < -0.3 is 19.2 Å². The average Bonchev–Trinajstić information content (AvgIpc) is 3.13. The van der Waals surface area contributed by atoms with E-state index in [2.05, 4.69) is 46.8 Å². The van der Waals surface area contributed by atoms with Crippen LogP contribution in [0, 0.1) is 0 Å². The van der Waals surface area contributed by atoms with Crippen LogP contribution < -0.4 is 5.32 Å². The topological polar surface area (TPSA) is 49.9 Å². The van der Waals surface area contributed by atoms with Crippen molar-refractivity contribution >= 4 is 51.5 Å². The van der Waals surface area contributed by atoms with E-state index < -0.39 is 0 Å². The lowest BCUT2D eigenvalue weighted by Gasteiger charge is -2.22. The minimum atomic E-state index is 0. The Bertz CT molecular complexity index is 869. The number of aryl methyl sites for hydroxylation is 1. The molecule has 0 aliphatic rings. The number of fused-ring (bicyclic) bond motifs is 1. The van der Waals surface area contributed by atoms with Gasteiger partial charge in [-0.1, -0.05) is 0 Å². The molecule has 0 unspecified atom stereocenters. The second kappa shape index (κ2) is 8.70. The summed E-state index contributed by atoms with van der Waals surface area (Å²) in [5.74, 6) is 0.842. The summed E-state index contributed by atoms with van der Waals surface area (Å²) in [4.78, 5) is 11.1. The number of hydrogen-bond acceptors (Lipinski definition) is 2. The van der Waals surface area contributed by atoms with Crippen molar-refractivity contribution in [3.63, 3.8) is 0 Å². The summed E-state index contributed by atoms with van der Waals surface area (Å²) in [5.41, 5.74) is 3.14. The van der Waals surface area contributed by atoms with Crippen LogP contribution in [0.2, 0.25) is 0 Å². The maximum atomic E-state index is 4.61. The van der Waals surface area contributed by atoms with Crippen LogP contribution in [-0.2, 0) is 20.1 Å². The molecule has 0 bridgehead atoms. The Labute approximate surface area is 173 Å². The molecule has 0 aliphatic heterocycles. The molecule has 134 valence electrons. The lowest BCUT2D eigenvalue weighted by atomic mass is 10.4. The van der Waals surface area contributed by atoms with Crippen molar-refractivity contribution < 1.29 is 0 Å². The highest BCUT2D eigenvalue weighted by Gasteiger charge is 2.09. The minimum absolute atomic E-state index is 0. The van der Waals surface area contributed by atoms with Crippen LogP contribution in [0.5, 0.6) is 0 Å². The van der Waals surface area contributed by atoms with E-state index in [1.807, 2.05) is 55.3 Å². The average molecular weight is 517 g/mol. The summed E-state index contributed by atoms with van der Waals surface area (Å²) in [6, 6.07) is 8.15. The lowest BCUT2D eigenvalue weighted by Crippen LogP contribution is -2.38. The van der Waals surface area contributed by atoms with Crippen LogP contribution in [0.3, 0.4) is 0 Å². The largest absolute Gasteiger partial charge is 0.353 e. The molecule has 0 spiro atoms. The first-order chi connectivity index (χ1) is 11.6. The van der Waals surface area contributed by atoms with Crippen LogP contribution in [0.4, 0.5) is 0 Å². The molecule has 0 amide bonds. The molecule has 0 fully saturated rings. The van der Waals surface area contributed by atoms with Crippen LogP contribution in [0.1, 0.15) is 11.4 Å². The summed E-state index contributed by atoms with van der Waals surface area (Å²) in [5, 5.41) is 3.37. The van der Waals surface area contributed by atoms with Gasteiger partial charge in [0.25, 0.3) is 0 Å². The first-order valence-electron chi connectivity index (χ1n) is 7.72. The number of hydrogen-bond donors (Lipinski definition) is 1. The van der Waals surface area contributed by atoms with Crippen molar-refractivity contribution in [3.05, 3.63) is 58.7 Å². The van der Waals surface area contributed by atoms with Crippen molar-refractivity contribution in [2.75, 3.05) is 14.1 Å². The van der Waals surface area contributed by atoms with Crippen LogP contribution in [-0.4, -0.2) is 38.9 Å². The van der Waals surface area contributed by atoms with Gasteiger partial charge in [-0.3, -0.25) is 4.99 Å². The monoisotopic (exact) mass is 516 g/mol. The molecular formula is C17H22BrIN6. The Morgan fingerprint density at radius 1 is 1.32 bits per heavy atom. The molecule has 3 aromatic heterocycles. The molecule has 0 radical (unpaired) electrons. The summed E-state index contributed by atoms with van der Waals surface area (Å²) >= 11 is 3.48. The third kappa shape index (κ3) is 4.75. The fraction of sp³-hybridized carbons (Fsp3) is 0.294. The number of pyridine rings is 1. The fourth-order valence-electron chi connectivity index (χ4n) is 2.64. The molecule has 6 nitrogen and oxygen atoms in total. The Hall–Kier alpha value is -1.55. The second-order valence-corrected chi connectivity index (χ2v) is 6.63. The number of nitrogens with one attached hydrogen (secondary N) is 1. The molecule has 1 N–H and O–H groups in total. The van der Waals surface area contributed by atoms with Gasteiger partial charge in [-0.15, -0.1) is 24.0 Å². The summed E-state index contributed by atoms with van der Waals surface area (Å²) in [7, 11) is 5.88. The van der Waals surface area contributed by atoms with E-state index in [-0.39, 0.29) is 24.0 Å². The van der Waals surface area contributed by atoms with E-state index in [1.54, 1.807) is 7.05 Å². The lowest BCUT2D eigenvalue weighted by molar-refractivity contribution is 0.461. The highest BCUT2D eigenvalue weighted by molar-refractivity contribution is 14.0. The van der Waals surface area contributed by atoms with Crippen LogP contribution in [0.15, 0.2) is 52.3 Å². The van der Waals surface area contributed by atoms with Gasteiger partial charge in [-0.05, 0) is 40.2 Å². The number of rotatable bonds is 4. The Morgan fingerprint density at radius 2 is 2.12 bits per heavy atom. The predicted molar refractivity (Wildman–Crippen MR) is 115 cm³/mol. The molecule has 0 atom stereocenters. The van der Waals surface area contributed by atoms with E-state index in [4.69, 9.17) is 0 Å². The minimum Gasteiger partial charge on any atom is -0.353 e. The van der Waals surface area contributed by atoms with Gasteiger partial charge in [-0.25, -0.2) is 4.98 Å². The molecule has 8 heteroatoms. The first-order valence-corrected chi connectivity index (χ1v) is 8.51. The van der Waals surface area contributed by atoms with E-state index in [1.165, 1.54) is 5.69 Å². The van der Waals surface area contributed by atoms with Gasteiger partial charge in [0.1, 0.15) is 5.65 Å². The molecule has 25 heavy (non-hydrogen) atoms. The summed E-state index contributed by atoms with van der Waals surface area (Å²) in [6.07, 6.45) is 6.08. The van der Waals surface area contributed by atoms with E-state index >= 15 is 0 Å². The normalized spacial score (nSPS) is 11.4. The van der Waals surface area contributed by atoms with E-state index in [0.29, 0.717) is 6.54 Å². The Balaban J connectivity index is 0.00000225. The number of aliphatic imine (C=N–C) groups is 1. The number of nitrogens with zero attached hydrogens (tertiary/aromatic N) is 5. The second-order valence-electron chi connectivity index (χ2n) is 5.71. The van der Waals surface area contributed by atoms with Crippen LogP contribution >= 0.6 is 39.9 Å². The number of aromatic nitrogens is 3. The van der Waals surface area contributed by atoms with Crippen molar-refractivity contribution in [1.29, 1.82) is 0 Å². The third-order valence-electron chi connectivity index (χ3n) is 3.92. The first kappa shape index (κ1) is 19.8. The van der Waals surface area contributed by atoms with Crippen molar-refractivity contribution in [3.8, 4) is 0 Å². The smallest absolute Gasteiger partial charge is 0.194 e. The van der Waals surface area contributed by atoms with Crippen molar-refractivity contribution in [2.45, 2.75) is 13.1 Å². The van der Waals surface area contributed by atoms with Gasteiger partial charge in [0.15, 0.2) is 5.96 Å². The summed E-state index contributed by atoms with van der Waals surface area (Å²) < 4.78 is 5.16. The Morgan fingerprint density at radius 3 is 2.80 bits per heavy atom. The van der Waals surface area contributed by atoms with Gasteiger partial charge in [-0.2, -0.15) is 0 Å². The number of guanidine groups is 1. The molecule has 3 rings (SSSR count). The Kier molecular flexibility index (Phi) is 6.88. The van der Waals surface area contributed by atoms with Crippen molar-refractivity contribution in [1.82, 2.24) is 24.2 Å². The van der Waals surface area contributed by atoms with Gasteiger partial charge in [0, 0.05) is 49.9 Å². The predicted octanol–water partition coefficient (Wildman–Crippen LogP) is 3.26. The summed E-state index contributed by atoms with van der Waals surface area (Å²) in [6.45, 7) is 1.42. The maximum Gasteiger partial charge on any atom is 0.194 e. The molecule has 3 aromatic rings. The molecule has 0 aliphatic carbocycles. The SMILES string of the molecule is CN=C(NCc1cn2cc(Br)ccc2n1)N(C)Cc1cccn1C.I. The fourth-order valence-corrected chi connectivity index (χ4v) is 2.99. The molecular weight excluding hydrogens is 495 g/mol. The van der Waals surface area contributed by atoms with Crippen LogP contribution in [0.25, 0.3) is 5.65 Å². The zero-order valence-corrected chi connectivity index (χ0v) is 18.4. The zero-order valence-electron chi connectivity index (χ0n) is 14.5. The zero-order chi connectivity index (χ0) is 17.1. The van der Waals surface area contributed by atoms with E-state index in [9.17, 15) is 0 Å². The molecule has 3 heterocycles. The van der Waals surface area contributed by atoms with Gasteiger partial charge >= 0.3 is 0 Å². The highest BCUT2D eigenvalue weighted by atomic mass is 127. The number of imidazole rings is 1.